The van der Waals surface area contributed by atoms with Gasteiger partial charge in [0.1, 0.15) is 12.5 Å². The SMILES string of the molecule is CNc1nc2nc3c1ncn3C(=O)N[C@H]1C[C@H](F)C[C@@H]1OCc1cc(cc(N3C[C@@H](C)O[C@@H](C)C3)c1)N2. The molecular weight excluding hydrogens is 479 g/mol. The summed E-state index contributed by atoms with van der Waals surface area (Å²) in [6.07, 6.45) is 0.547. The number of rotatable bonds is 2. The van der Waals surface area contributed by atoms with E-state index in [2.05, 4.69) is 55.7 Å². The van der Waals surface area contributed by atoms with Gasteiger partial charge in [0.15, 0.2) is 17.0 Å². The second-order valence-corrected chi connectivity index (χ2v) is 10.1. The van der Waals surface area contributed by atoms with E-state index in [0.717, 1.165) is 30.0 Å². The van der Waals surface area contributed by atoms with Crippen LogP contribution < -0.4 is 20.9 Å². The molecule has 37 heavy (non-hydrogen) atoms. The molecule has 1 saturated heterocycles. The molecule has 1 amide bonds. The lowest BCUT2D eigenvalue weighted by Crippen LogP contribution is -2.45. The van der Waals surface area contributed by atoms with Gasteiger partial charge in [-0.1, -0.05) is 0 Å². The van der Waals surface area contributed by atoms with E-state index in [1.165, 1.54) is 10.9 Å². The van der Waals surface area contributed by atoms with Gasteiger partial charge in [-0.05, 0) is 37.6 Å². The molecule has 1 saturated carbocycles. The monoisotopic (exact) mass is 510 g/mol. The van der Waals surface area contributed by atoms with E-state index in [4.69, 9.17) is 9.47 Å². The summed E-state index contributed by atoms with van der Waals surface area (Å²) in [7, 11) is 1.74. The fourth-order valence-corrected chi connectivity index (χ4v) is 5.52. The zero-order chi connectivity index (χ0) is 25.7. The molecule has 3 aliphatic rings. The van der Waals surface area contributed by atoms with Crippen molar-refractivity contribution in [3.63, 3.8) is 0 Å². The fourth-order valence-electron chi connectivity index (χ4n) is 5.52. The third-order valence-corrected chi connectivity index (χ3v) is 7.09. The lowest BCUT2D eigenvalue weighted by atomic mass is 10.1. The maximum absolute atomic E-state index is 14.4. The molecule has 1 aromatic carbocycles. The first kappa shape index (κ1) is 23.9. The number of carbonyl (C=O) groups excluding carboxylic acids is 1. The highest BCUT2D eigenvalue weighted by Crippen LogP contribution is 2.31. The van der Waals surface area contributed by atoms with Gasteiger partial charge in [0, 0.05) is 44.4 Å². The Hall–Kier alpha value is -3.51. The number of morpholine rings is 1. The molecular formula is C25H31FN8O3. The lowest BCUT2D eigenvalue weighted by molar-refractivity contribution is -0.00524. The van der Waals surface area contributed by atoms with Gasteiger partial charge in [-0.25, -0.2) is 18.7 Å². The molecule has 2 fully saturated rings. The molecule has 3 aromatic rings. The second-order valence-electron chi connectivity index (χ2n) is 10.1. The first-order valence-electron chi connectivity index (χ1n) is 12.7. The smallest absolute Gasteiger partial charge is 0.328 e. The maximum atomic E-state index is 14.4. The third-order valence-electron chi connectivity index (χ3n) is 7.09. The third kappa shape index (κ3) is 4.66. The van der Waals surface area contributed by atoms with E-state index >= 15 is 0 Å². The Labute approximate surface area is 213 Å². The van der Waals surface area contributed by atoms with Crippen molar-refractivity contribution in [3.05, 3.63) is 30.1 Å². The van der Waals surface area contributed by atoms with E-state index < -0.39 is 24.3 Å². The molecule has 6 rings (SSSR count). The minimum Gasteiger partial charge on any atom is -0.372 e. The van der Waals surface area contributed by atoms with Crippen molar-refractivity contribution < 1.29 is 18.7 Å². The summed E-state index contributed by atoms with van der Waals surface area (Å²) in [4.78, 5) is 29.0. The summed E-state index contributed by atoms with van der Waals surface area (Å²) in [5.41, 5.74) is 3.54. The van der Waals surface area contributed by atoms with Crippen molar-refractivity contribution in [2.24, 2.45) is 0 Å². The van der Waals surface area contributed by atoms with Crippen molar-refractivity contribution in [1.29, 1.82) is 0 Å². The van der Waals surface area contributed by atoms with Crippen molar-refractivity contribution in [2.75, 3.05) is 35.7 Å². The summed E-state index contributed by atoms with van der Waals surface area (Å²) in [6.45, 7) is 5.95. The number of fused-ring (bicyclic) bond motifs is 4. The number of benzene rings is 1. The number of nitrogens with zero attached hydrogens (tertiary/aromatic N) is 5. The number of hydrogen-bond acceptors (Lipinski definition) is 9. The van der Waals surface area contributed by atoms with Crippen LogP contribution in [-0.4, -0.2) is 76.2 Å². The zero-order valence-corrected chi connectivity index (χ0v) is 21.1. The van der Waals surface area contributed by atoms with Crippen molar-refractivity contribution in [3.8, 4) is 0 Å². The number of amides is 1. The Kier molecular flexibility index (Phi) is 6.07. The van der Waals surface area contributed by atoms with Crippen LogP contribution in [0.25, 0.3) is 11.2 Å². The van der Waals surface area contributed by atoms with Crippen LogP contribution in [0.15, 0.2) is 24.5 Å². The molecule has 5 atom stereocenters. The highest BCUT2D eigenvalue weighted by molar-refractivity contribution is 5.92. The standard InChI is InChI=1S/C25H31FN8O3/c1-13-9-33(10-14(2)37-13)18-5-15-4-17(8-18)29-24-31-22(27-3)21-23(32-24)34(12-28-21)25(35)30-19-6-16(26)7-20(19)36-11-15/h4-5,8,12-14,16,19-20H,6-7,9-11H2,1-3H3,(H,30,35)(H2,27,29,31,32)/t13-,14+,16-,19-,20-/m0/s1. The molecule has 2 aliphatic heterocycles. The number of halogens is 1. The van der Waals surface area contributed by atoms with E-state index in [-0.39, 0.29) is 31.7 Å². The van der Waals surface area contributed by atoms with E-state index in [0.29, 0.717) is 22.9 Å². The van der Waals surface area contributed by atoms with Gasteiger partial charge in [0.2, 0.25) is 5.95 Å². The van der Waals surface area contributed by atoms with Gasteiger partial charge in [0.25, 0.3) is 0 Å². The van der Waals surface area contributed by atoms with Crippen LogP contribution in [0.5, 0.6) is 0 Å². The van der Waals surface area contributed by atoms with Gasteiger partial charge in [-0.3, -0.25) is 0 Å². The number of hydrogen-bond donors (Lipinski definition) is 3. The van der Waals surface area contributed by atoms with Crippen LogP contribution in [0.3, 0.4) is 0 Å². The minimum atomic E-state index is -1.05. The predicted octanol–water partition coefficient (Wildman–Crippen LogP) is 3.18. The maximum Gasteiger partial charge on any atom is 0.328 e. The lowest BCUT2D eigenvalue weighted by Gasteiger charge is -2.37. The molecule has 4 heterocycles. The van der Waals surface area contributed by atoms with Crippen LogP contribution in [0.2, 0.25) is 0 Å². The number of aromatic nitrogens is 4. The first-order valence-corrected chi connectivity index (χ1v) is 12.7. The van der Waals surface area contributed by atoms with Crippen LogP contribution in [0.1, 0.15) is 32.3 Å². The summed E-state index contributed by atoms with van der Waals surface area (Å²) < 4.78 is 27.9. The Morgan fingerprint density at radius 3 is 2.73 bits per heavy atom. The van der Waals surface area contributed by atoms with Crippen molar-refractivity contribution >= 4 is 40.3 Å². The molecule has 12 heteroatoms. The normalized spacial score (nSPS) is 27.9. The molecule has 1 aliphatic carbocycles. The number of alkyl halides is 1. The summed E-state index contributed by atoms with van der Waals surface area (Å²) in [6, 6.07) is 5.23. The minimum absolute atomic E-state index is 0.103. The molecule has 0 radical (unpaired) electrons. The van der Waals surface area contributed by atoms with Crippen LogP contribution in [-0.2, 0) is 16.1 Å². The Morgan fingerprint density at radius 2 is 1.95 bits per heavy atom. The zero-order valence-electron chi connectivity index (χ0n) is 21.1. The number of imidazole rings is 1. The first-order chi connectivity index (χ1) is 17.9. The number of carbonyl (C=O) groups is 1. The molecule has 196 valence electrons. The highest BCUT2D eigenvalue weighted by atomic mass is 19.1. The quantitative estimate of drug-likeness (QED) is 0.478. The molecule has 0 unspecified atom stereocenters. The van der Waals surface area contributed by atoms with Crippen molar-refractivity contribution in [2.45, 2.75) is 63.8 Å². The van der Waals surface area contributed by atoms with Gasteiger partial charge in [-0.2, -0.15) is 9.97 Å². The number of anilines is 4. The van der Waals surface area contributed by atoms with E-state index in [1.54, 1.807) is 7.05 Å². The van der Waals surface area contributed by atoms with Crippen molar-refractivity contribution in [1.82, 2.24) is 24.8 Å². The number of nitrogens with one attached hydrogen (secondary N) is 3. The second kappa shape index (κ2) is 9.42. The van der Waals surface area contributed by atoms with Gasteiger partial charge < -0.3 is 30.3 Å². The highest BCUT2D eigenvalue weighted by Gasteiger charge is 2.37. The van der Waals surface area contributed by atoms with Crippen LogP contribution in [0, 0.1) is 0 Å². The van der Waals surface area contributed by atoms with E-state index in [1.807, 2.05) is 12.1 Å². The Morgan fingerprint density at radius 1 is 1.14 bits per heavy atom. The van der Waals surface area contributed by atoms with Gasteiger partial charge >= 0.3 is 6.03 Å². The van der Waals surface area contributed by atoms with E-state index in [9.17, 15) is 9.18 Å². The molecule has 4 bridgehead atoms. The van der Waals surface area contributed by atoms with Crippen LogP contribution >= 0.6 is 0 Å². The van der Waals surface area contributed by atoms with Gasteiger partial charge in [0.05, 0.1) is 31.0 Å². The molecule has 2 aromatic heterocycles. The average molecular weight is 511 g/mol. The van der Waals surface area contributed by atoms with Crippen LogP contribution in [0.4, 0.5) is 32.3 Å². The summed E-state index contributed by atoms with van der Waals surface area (Å²) in [5.74, 6) is 0.808. The number of ether oxygens (including phenoxy) is 2. The Bertz CT molecular complexity index is 1320. The molecule has 3 N–H and O–H groups in total. The topological polar surface area (TPSA) is 118 Å². The average Bonchev–Trinajstić information content (AvgIpc) is 3.44. The summed E-state index contributed by atoms with van der Waals surface area (Å²) in [5, 5.41) is 9.28. The fraction of sp³-hybridized carbons (Fsp3) is 0.520. The molecule has 11 nitrogen and oxygen atoms in total. The molecule has 0 spiro atoms. The van der Waals surface area contributed by atoms with Gasteiger partial charge in [-0.15, -0.1) is 0 Å². The summed E-state index contributed by atoms with van der Waals surface area (Å²) >= 11 is 0. The largest absolute Gasteiger partial charge is 0.372 e. The predicted molar refractivity (Wildman–Crippen MR) is 137 cm³/mol. The Balaban J connectivity index is 1.45.